The molecule has 9 heteroatoms. The van der Waals surface area contributed by atoms with Crippen LogP contribution in [0, 0.1) is 3.70 Å². The molecule has 4 nitrogen and oxygen atoms in total. The summed E-state index contributed by atoms with van der Waals surface area (Å²) in [7, 11) is 0. The third-order valence-electron chi connectivity index (χ3n) is 1.77. The van der Waals surface area contributed by atoms with Gasteiger partial charge >= 0.3 is 12.3 Å². The summed E-state index contributed by atoms with van der Waals surface area (Å²) in [5.41, 5.74) is -0.0517. The van der Waals surface area contributed by atoms with Gasteiger partial charge < -0.3 is 9.84 Å². The number of alkyl halides is 4. The van der Waals surface area contributed by atoms with Gasteiger partial charge in [-0.05, 0) is 28.7 Å². The number of nitrogens with zero attached hydrogens (tertiary/aromatic N) is 1. The van der Waals surface area contributed by atoms with Crippen LogP contribution in [0.25, 0.3) is 0 Å². The number of rotatable bonds is 4. The van der Waals surface area contributed by atoms with Gasteiger partial charge in [0.1, 0.15) is 3.70 Å². The lowest BCUT2D eigenvalue weighted by molar-refractivity contribution is -0.275. The summed E-state index contributed by atoms with van der Waals surface area (Å²) in [4.78, 5) is 14.5. The predicted molar refractivity (Wildman–Crippen MR) is 67.6 cm³/mol. The second-order valence-corrected chi connectivity index (χ2v) is 4.80. The Balaban J connectivity index is 3.28. The Morgan fingerprint density at radius 3 is 2.61 bits per heavy atom. The van der Waals surface area contributed by atoms with E-state index in [9.17, 15) is 18.0 Å². The van der Waals surface area contributed by atoms with E-state index in [-0.39, 0.29) is 16.6 Å². The second kappa shape index (κ2) is 6.04. The van der Waals surface area contributed by atoms with Crippen molar-refractivity contribution in [1.29, 1.82) is 0 Å². The van der Waals surface area contributed by atoms with Gasteiger partial charge in [-0.3, -0.25) is 4.79 Å². The molecule has 0 radical (unpaired) electrons. The molecule has 0 aromatic carbocycles. The first-order valence-electron chi connectivity index (χ1n) is 4.44. The molecule has 0 aliphatic heterocycles. The summed E-state index contributed by atoms with van der Waals surface area (Å²) >= 11 is 4.78. The molecule has 0 amide bonds. The van der Waals surface area contributed by atoms with Crippen LogP contribution in [-0.4, -0.2) is 22.4 Å². The Labute approximate surface area is 122 Å². The van der Waals surface area contributed by atoms with Gasteiger partial charge in [-0.1, -0.05) is 15.9 Å². The molecule has 0 aliphatic carbocycles. The van der Waals surface area contributed by atoms with E-state index in [0.29, 0.717) is 3.70 Å². The van der Waals surface area contributed by atoms with Crippen molar-refractivity contribution < 1.29 is 27.8 Å². The van der Waals surface area contributed by atoms with E-state index < -0.39 is 24.5 Å². The van der Waals surface area contributed by atoms with Gasteiger partial charge in [0, 0.05) is 10.9 Å². The maximum atomic E-state index is 12.3. The second-order valence-electron chi connectivity index (χ2n) is 3.13. The molecule has 18 heavy (non-hydrogen) atoms. The molecule has 0 bridgehead atoms. The molecule has 0 aliphatic rings. The van der Waals surface area contributed by atoms with Crippen molar-refractivity contribution in [3.63, 3.8) is 0 Å². The van der Waals surface area contributed by atoms with E-state index in [1.54, 1.807) is 22.6 Å². The number of aromatic nitrogens is 1. The van der Waals surface area contributed by atoms with Crippen LogP contribution in [-0.2, 0) is 16.5 Å². The van der Waals surface area contributed by atoms with Crippen molar-refractivity contribution in [1.82, 2.24) is 4.98 Å². The number of carbonyl (C=O) groups is 1. The van der Waals surface area contributed by atoms with Gasteiger partial charge in [-0.25, -0.2) is 4.98 Å². The van der Waals surface area contributed by atoms with E-state index >= 15 is 0 Å². The largest absolute Gasteiger partial charge is 0.573 e. The van der Waals surface area contributed by atoms with Crippen molar-refractivity contribution in [3.05, 3.63) is 21.0 Å². The Kier molecular flexibility index (Phi) is 5.20. The highest BCUT2D eigenvalue weighted by Gasteiger charge is 2.34. The zero-order valence-electron chi connectivity index (χ0n) is 8.59. The number of carboxylic acids is 1. The molecule has 1 N–H and O–H groups in total. The monoisotopic (exact) mass is 439 g/mol. The smallest absolute Gasteiger partial charge is 0.481 e. The minimum atomic E-state index is -4.89. The van der Waals surface area contributed by atoms with Gasteiger partial charge in [-0.15, -0.1) is 13.2 Å². The molecule has 0 fully saturated rings. The molecule has 0 saturated heterocycles. The van der Waals surface area contributed by atoms with Crippen molar-refractivity contribution in [2.75, 3.05) is 0 Å². The van der Waals surface area contributed by atoms with Crippen LogP contribution in [0.5, 0.6) is 5.75 Å². The van der Waals surface area contributed by atoms with Crippen molar-refractivity contribution >= 4 is 44.5 Å². The number of hydrogen-bond donors (Lipinski definition) is 1. The van der Waals surface area contributed by atoms with E-state index in [2.05, 4.69) is 25.7 Å². The normalized spacial score (nSPS) is 11.4. The maximum absolute atomic E-state index is 12.3. The molecule has 0 unspecified atom stereocenters. The third-order valence-corrected chi connectivity index (χ3v) is 2.86. The quantitative estimate of drug-likeness (QED) is 0.445. The first-order chi connectivity index (χ1) is 8.23. The molecule has 1 heterocycles. The fraction of sp³-hybridized carbons (Fsp3) is 0.333. The van der Waals surface area contributed by atoms with Crippen LogP contribution in [0.1, 0.15) is 11.3 Å². The number of aliphatic carboxylic acids is 1. The summed E-state index contributed by atoms with van der Waals surface area (Å²) in [6.45, 7) is 0. The summed E-state index contributed by atoms with van der Waals surface area (Å²) in [6, 6.07) is 1.25. The van der Waals surface area contributed by atoms with E-state index in [1.165, 1.54) is 6.07 Å². The number of halogens is 5. The fourth-order valence-electron chi connectivity index (χ4n) is 1.23. The number of ether oxygens (including phenoxy) is 1. The minimum Gasteiger partial charge on any atom is -0.481 e. The average molecular weight is 440 g/mol. The molecule has 1 aromatic rings. The van der Waals surface area contributed by atoms with Crippen molar-refractivity contribution in [2.24, 2.45) is 0 Å². The van der Waals surface area contributed by atoms with E-state index in [1.807, 2.05) is 0 Å². The molecule has 0 atom stereocenters. The lowest BCUT2D eigenvalue weighted by atomic mass is 10.1. The van der Waals surface area contributed by atoms with Gasteiger partial charge in [0.05, 0.1) is 12.1 Å². The average Bonchev–Trinajstić information content (AvgIpc) is 2.19. The first kappa shape index (κ1) is 15.5. The SMILES string of the molecule is O=C(O)Cc1cc(I)nc(CBr)c1OC(F)(F)F. The van der Waals surface area contributed by atoms with Crippen molar-refractivity contribution in [3.8, 4) is 5.75 Å². The molecule has 0 spiro atoms. The number of hydrogen-bond acceptors (Lipinski definition) is 3. The van der Waals surface area contributed by atoms with E-state index in [0.717, 1.165) is 0 Å². The lowest BCUT2D eigenvalue weighted by Gasteiger charge is -2.15. The molecular formula is C9H6BrF3INO3. The summed E-state index contributed by atoms with van der Waals surface area (Å²) in [6.07, 6.45) is -5.46. The minimum absolute atomic E-state index is 0.00970. The van der Waals surface area contributed by atoms with Crippen LogP contribution in [0.2, 0.25) is 0 Å². The van der Waals surface area contributed by atoms with Crippen LogP contribution in [0.15, 0.2) is 6.07 Å². The van der Waals surface area contributed by atoms with Gasteiger partial charge in [0.15, 0.2) is 5.75 Å². The van der Waals surface area contributed by atoms with Crippen molar-refractivity contribution in [2.45, 2.75) is 18.1 Å². The Hall–Kier alpha value is -0.580. The maximum Gasteiger partial charge on any atom is 0.573 e. The van der Waals surface area contributed by atoms with Gasteiger partial charge in [0.2, 0.25) is 0 Å². The zero-order chi connectivity index (χ0) is 13.9. The van der Waals surface area contributed by atoms with Gasteiger partial charge in [-0.2, -0.15) is 0 Å². The summed E-state index contributed by atoms with van der Waals surface area (Å²) in [5, 5.41) is 8.70. The summed E-state index contributed by atoms with van der Waals surface area (Å²) < 4.78 is 41.0. The standard InChI is InChI=1S/C9H6BrF3INO3/c10-3-5-8(18-9(11,12)13)4(2-7(16)17)1-6(14)15-5/h1H,2-3H2,(H,16,17). The Bertz CT molecular complexity index is 467. The van der Waals surface area contributed by atoms with Gasteiger partial charge in [0.25, 0.3) is 0 Å². The topological polar surface area (TPSA) is 59.4 Å². The number of carboxylic acid groups (broad SMARTS) is 1. The summed E-state index contributed by atoms with van der Waals surface area (Å²) in [5.74, 6) is -1.80. The highest BCUT2D eigenvalue weighted by atomic mass is 127. The Morgan fingerprint density at radius 1 is 1.56 bits per heavy atom. The highest BCUT2D eigenvalue weighted by molar-refractivity contribution is 14.1. The van der Waals surface area contributed by atoms with Crippen LogP contribution in [0.4, 0.5) is 13.2 Å². The first-order valence-corrected chi connectivity index (χ1v) is 6.64. The highest BCUT2D eigenvalue weighted by Crippen LogP contribution is 2.31. The molecule has 1 aromatic heterocycles. The van der Waals surface area contributed by atoms with Crippen LogP contribution >= 0.6 is 38.5 Å². The molecular weight excluding hydrogens is 434 g/mol. The molecule has 100 valence electrons. The van der Waals surface area contributed by atoms with E-state index in [4.69, 9.17) is 5.11 Å². The lowest BCUT2D eigenvalue weighted by Crippen LogP contribution is -2.20. The Morgan fingerprint density at radius 2 is 2.17 bits per heavy atom. The zero-order valence-corrected chi connectivity index (χ0v) is 12.3. The molecule has 1 rings (SSSR count). The third kappa shape index (κ3) is 4.59. The van der Waals surface area contributed by atoms with Crippen LogP contribution < -0.4 is 4.74 Å². The molecule has 0 saturated carbocycles. The fourth-order valence-corrected chi connectivity index (χ4v) is 2.28. The van der Waals surface area contributed by atoms with Crippen LogP contribution in [0.3, 0.4) is 0 Å². The number of pyridine rings is 1. The predicted octanol–water partition coefficient (Wildman–Crippen LogP) is 3.11.